The fraction of sp³-hybridized carbons (Fsp3) is 0.625. The largest absolute Gasteiger partial charge is 0.235 e. The molecule has 0 bridgehead atoms. The van der Waals surface area contributed by atoms with E-state index in [1.807, 2.05) is 0 Å². The molecule has 0 saturated heterocycles. The van der Waals surface area contributed by atoms with E-state index in [9.17, 15) is 14.4 Å². The summed E-state index contributed by atoms with van der Waals surface area (Å²) in [6.07, 6.45) is 5.07. The number of carbonyl (C=O) groups excluding carboxylic acids is 3. The SMILES string of the molecule is O=C=NC1CC(N=C=O)C(N=C=O)C1. The normalized spacial score (nSPS) is 29.6. The lowest BCUT2D eigenvalue weighted by atomic mass is 10.2. The van der Waals surface area contributed by atoms with Gasteiger partial charge >= 0.3 is 0 Å². The highest BCUT2D eigenvalue weighted by molar-refractivity contribution is 5.38. The summed E-state index contributed by atoms with van der Waals surface area (Å²) in [5, 5.41) is 0. The minimum absolute atomic E-state index is 0.267. The van der Waals surface area contributed by atoms with E-state index in [0.717, 1.165) is 0 Å². The molecule has 0 aliphatic heterocycles. The lowest BCUT2D eigenvalue weighted by Gasteiger charge is -2.03. The summed E-state index contributed by atoms with van der Waals surface area (Å²) in [5.41, 5.74) is 0. The zero-order valence-electron chi connectivity index (χ0n) is 7.21. The van der Waals surface area contributed by atoms with Gasteiger partial charge in [0.1, 0.15) is 0 Å². The van der Waals surface area contributed by atoms with Gasteiger partial charge in [0.25, 0.3) is 0 Å². The first-order chi connectivity index (χ1) is 6.81. The van der Waals surface area contributed by atoms with Gasteiger partial charge in [0.05, 0.1) is 18.1 Å². The van der Waals surface area contributed by atoms with E-state index in [2.05, 4.69) is 15.0 Å². The number of rotatable bonds is 3. The van der Waals surface area contributed by atoms with Crippen LogP contribution in [0.15, 0.2) is 15.0 Å². The van der Waals surface area contributed by atoms with Crippen LogP contribution in [0.2, 0.25) is 0 Å². The molecule has 1 fully saturated rings. The maximum Gasteiger partial charge on any atom is 0.235 e. The summed E-state index contributed by atoms with van der Waals surface area (Å²) in [7, 11) is 0. The second kappa shape index (κ2) is 5.00. The zero-order valence-corrected chi connectivity index (χ0v) is 7.21. The first-order valence-electron chi connectivity index (χ1n) is 4.02. The summed E-state index contributed by atoms with van der Waals surface area (Å²) in [6.45, 7) is 0. The Hall–Kier alpha value is -1.86. The Morgan fingerprint density at radius 1 is 0.786 bits per heavy atom. The molecule has 0 heterocycles. The van der Waals surface area contributed by atoms with Crippen molar-refractivity contribution in [2.24, 2.45) is 15.0 Å². The number of hydrogen-bond acceptors (Lipinski definition) is 6. The Balaban J connectivity index is 2.78. The van der Waals surface area contributed by atoms with Gasteiger partial charge in [-0.1, -0.05) is 0 Å². The quantitative estimate of drug-likeness (QED) is 0.462. The van der Waals surface area contributed by atoms with Crippen molar-refractivity contribution in [3.05, 3.63) is 0 Å². The van der Waals surface area contributed by atoms with Crippen LogP contribution in [0.25, 0.3) is 0 Å². The number of aliphatic imine (C=N–C) groups is 3. The fourth-order valence-electron chi connectivity index (χ4n) is 1.56. The van der Waals surface area contributed by atoms with E-state index in [1.165, 1.54) is 18.2 Å². The van der Waals surface area contributed by atoms with E-state index in [0.29, 0.717) is 12.8 Å². The third-order valence-corrected chi connectivity index (χ3v) is 2.14. The molecular weight excluding hydrogens is 186 g/mol. The van der Waals surface area contributed by atoms with Gasteiger partial charge in [-0.25, -0.2) is 29.4 Å². The average molecular weight is 193 g/mol. The molecule has 0 N–H and O–H groups in total. The lowest BCUT2D eigenvalue weighted by Crippen LogP contribution is -2.14. The molecule has 72 valence electrons. The number of isocyanates is 3. The molecule has 1 rings (SSSR count). The van der Waals surface area contributed by atoms with Crippen LogP contribution in [0.3, 0.4) is 0 Å². The van der Waals surface area contributed by atoms with Gasteiger partial charge in [-0.3, -0.25) is 0 Å². The van der Waals surface area contributed by atoms with Crippen LogP contribution in [0.4, 0.5) is 0 Å². The third-order valence-electron chi connectivity index (χ3n) is 2.14. The summed E-state index contributed by atoms with van der Waals surface area (Å²) in [4.78, 5) is 40.5. The summed E-state index contributed by atoms with van der Waals surface area (Å²) >= 11 is 0. The van der Waals surface area contributed by atoms with Crippen molar-refractivity contribution in [3.8, 4) is 0 Å². The maximum atomic E-state index is 10.0. The summed E-state index contributed by atoms with van der Waals surface area (Å²) in [5.74, 6) is 0. The van der Waals surface area contributed by atoms with Crippen molar-refractivity contribution in [3.63, 3.8) is 0 Å². The van der Waals surface area contributed by atoms with Gasteiger partial charge in [0.15, 0.2) is 0 Å². The van der Waals surface area contributed by atoms with E-state index in [4.69, 9.17) is 0 Å². The minimum atomic E-state index is -0.420. The second-order valence-corrected chi connectivity index (χ2v) is 2.92. The van der Waals surface area contributed by atoms with Crippen LogP contribution in [0, 0.1) is 0 Å². The van der Waals surface area contributed by atoms with Crippen molar-refractivity contribution in [1.29, 1.82) is 0 Å². The van der Waals surface area contributed by atoms with Crippen molar-refractivity contribution in [2.75, 3.05) is 0 Å². The Kier molecular flexibility index (Phi) is 3.65. The molecule has 6 heteroatoms. The molecule has 0 aromatic heterocycles. The van der Waals surface area contributed by atoms with Crippen LogP contribution >= 0.6 is 0 Å². The zero-order chi connectivity index (χ0) is 10.4. The number of nitrogens with zero attached hydrogens (tertiary/aromatic N) is 3. The third kappa shape index (κ3) is 2.31. The summed E-state index contributed by atoms with van der Waals surface area (Å²) in [6, 6.07) is -1.11. The molecule has 0 aromatic rings. The van der Waals surface area contributed by atoms with Crippen LogP contribution in [0.1, 0.15) is 12.8 Å². The van der Waals surface area contributed by atoms with E-state index in [1.54, 1.807) is 0 Å². The van der Waals surface area contributed by atoms with Gasteiger partial charge in [-0.05, 0) is 12.8 Å². The highest BCUT2D eigenvalue weighted by Crippen LogP contribution is 2.27. The molecule has 0 radical (unpaired) electrons. The fourth-order valence-corrected chi connectivity index (χ4v) is 1.56. The Morgan fingerprint density at radius 2 is 1.21 bits per heavy atom. The Bertz CT molecular complexity index is 323. The van der Waals surface area contributed by atoms with Gasteiger partial charge in [0, 0.05) is 0 Å². The Labute approximate surface area is 79.5 Å². The van der Waals surface area contributed by atoms with Gasteiger partial charge in [-0.2, -0.15) is 0 Å². The van der Waals surface area contributed by atoms with Crippen LogP contribution in [-0.2, 0) is 14.4 Å². The Morgan fingerprint density at radius 3 is 1.57 bits per heavy atom. The maximum absolute atomic E-state index is 10.0. The van der Waals surface area contributed by atoms with E-state index < -0.39 is 12.1 Å². The van der Waals surface area contributed by atoms with E-state index in [-0.39, 0.29) is 6.04 Å². The highest BCUT2D eigenvalue weighted by Gasteiger charge is 2.34. The highest BCUT2D eigenvalue weighted by atomic mass is 16.1. The number of hydrogen-bond donors (Lipinski definition) is 0. The van der Waals surface area contributed by atoms with Crippen LogP contribution in [-0.4, -0.2) is 36.4 Å². The molecule has 6 nitrogen and oxygen atoms in total. The van der Waals surface area contributed by atoms with Crippen molar-refractivity contribution < 1.29 is 14.4 Å². The molecule has 14 heavy (non-hydrogen) atoms. The molecular formula is C8H7N3O3. The van der Waals surface area contributed by atoms with Crippen molar-refractivity contribution in [1.82, 2.24) is 0 Å². The molecule has 2 atom stereocenters. The smallest absolute Gasteiger partial charge is 0.211 e. The van der Waals surface area contributed by atoms with Crippen LogP contribution in [0.5, 0.6) is 0 Å². The second-order valence-electron chi connectivity index (χ2n) is 2.92. The van der Waals surface area contributed by atoms with Crippen molar-refractivity contribution in [2.45, 2.75) is 31.0 Å². The van der Waals surface area contributed by atoms with Gasteiger partial charge in [-0.15, -0.1) is 0 Å². The predicted octanol–water partition coefficient (Wildman–Crippen LogP) is -0.107. The summed E-state index contributed by atoms with van der Waals surface area (Å²) < 4.78 is 0. The van der Waals surface area contributed by atoms with Crippen LogP contribution < -0.4 is 0 Å². The molecule has 0 spiro atoms. The average Bonchev–Trinajstić information content (AvgIpc) is 2.50. The molecule has 1 saturated carbocycles. The molecule has 2 unspecified atom stereocenters. The first-order valence-corrected chi connectivity index (χ1v) is 4.02. The molecule has 1 aliphatic rings. The van der Waals surface area contributed by atoms with E-state index >= 15 is 0 Å². The first kappa shape index (κ1) is 10.2. The standard InChI is InChI=1S/C8H7N3O3/c12-3-9-6-1-7(10-4-13)8(2-6)11-5-14/h6-8H,1-2H2. The molecule has 1 aliphatic carbocycles. The topological polar surface area (TPSA) is 88.3 Å². The predicted molar refractivity (Wildman–Crippen MR) is 45.0 cm³/mol. The van der Waals surface area contributed by atoms with Crippen molar-refractivity contribution >= 4 is 18.2 Å². The lowest BCUT2D eigenvalue weighted by molar-refractivity contribution is 0.536. The molecule has 0 amide bonds. The minimum Gasteiger partial charge on any atom is -0.211 e. The van der Waals surface area contributed by atoms with Gasteiger partial charge in [0.2, 0.25) is 18.2 Å². The van der Waals surface area contributed by atoms with Gasteiger partial charge < -0.3 is 0 Å². The monoisotopic (exact) mass is 193 g/mol. The molecule has 0 aromatic carbocycles.